The van der Waals surface area contributed by atoms with Crippen molar-refractivity contribution in [1.82, 2.24) is 14.3 Å². The van der Waals surface area contributed by atoms with Crippen molar-refractivity contribution in [2.45, 2.75) is 18.7 Å². The number of rotatable bonds is 7. The lowest BCUT2D eigenvalue weighted by Crippen LogP contribution is -2.49. The van der Waals surface area contributed by atoms with E-state index in [0.717, 1.165) is 16.7 Å². The van der Waals surface area contributed by atoms with Crippen molar-refractivity contribution in [3.63, 3.8) is 0 Å². The van der Waals surface area contributed by atoms with Crippen LogP contribution in [0, 0.1) is 0 Å². The van der Waals surface area contributed by atoms with Crippen LogP contribution in [-0.2, 0) is 10.0 Å². The Morgan fingerprint density at radius 2 is 1.62 bits per heavy atom. The highest BCUT2D eigenvalue weighted by molar-refractivity contribution is 7.89. The largest absolute Gasteiger partial charge is 0.490 e. The van der Waals surface area contributed by atoms with E-state index in [-0.39, 0.29) is 10.2 Å². The van der Waals surface area contributed by atoms with Gasteiger partial charge in [-0.05, 0) is 49.7 Å². The Balaban J connectivity index is 1.55. The highest BCUT2D eigenvalue weighted by atomic mass is 35.5. The number of hydrogen-bond donors (Lipinski definition) is 0. The summed E-state index contributed by atoms with van der Waals surface area (Å²) in [5, 5.41) is 1.06. The van der Waals surface area contributed by atoms with Crippen molar-refractivity contribution in [2.24, 2.45) is 0 Å². The van der Waals surface area contributed by atoms with Crippen molar-refractivity contribution >= 4 is 38.3 Å². The summed E-state index contributed by atoms with van der Waals surface area (Å²) in [6, 6.07) is 12.4. The van der Waals surface area contributed by atoms with Crippen LogP contribution in [0.2, 0.25) is 5.28 Å². The maximum absolute atomic E-state index is 13.3. The molecule has 10 heteroatoms. The summed E-state index contributed by atoms with van der Waals surface area (Å²) in [4.78, 5) is 10.9. The van der Waals surface area contributed by atoms with Crippen molar-refractivity contribution in [3.8, 4) is 11.5 Å². The number of sulfonamides is 1. The molecule has 1 saturated heterocycles. The summed E-state index contributed by atoms with van der Waals surface area (Å²) in [6.45, 7) is 6.24. The molecule has 0 N–H and O–H groups in total. The predicted molar refractivity (Wildman–Crippen MR) is 124 cm³/mol. The maximum Gasteiger partial charge on any atom is 0.243 e. The molecule has 0 spiro atoms. The molecule has 3 aromatic rings. The minimum Gasteiger partial charge on any atom is -0.490 e. The second-order valence-corrected chi connectivity index (χ2v) is 9.48. The molecule has 0 atom stereocenters. The Bertz CT molecular complexity index is 1210. The number of piperazine rings is 1. The zero-order valence-corrected chi connectivity index (χ0v) is 19.6. The second-order valence-electron chi connectivity index (χ2n) is 7.20. The fraction of sp³-hybridized carbons (Fsp3) is 0.364. The van der Waals surface area contributed by atoms with Gasteiger partial charge in [-0.3, -0.25) is 0 Å². The van der Waals surface area contributed by atoms with E-state index >= 15 is 0 Å². The van der Waals surface area contributed by atoms with E-state index in [1.54, 1.807) is 12.1 Å². The lowest BCUT2D eigenvalue weighted by molar-refractivity contribution is 0.287. The highest BCUT2D eigenvalue weighted by Gasteiger charge is 2.30. The van der Waals surface area contributed by atoms with Crippen molar-refractivity contribution < 1.29 is 17.9 Å². The Labute approximate surface area is 192 Å². The van der Waals surface area contributed by atoms with Gasteiger partial charge in [-0.15, -0.1) is 0 Å². The summed E-state index contributed by atoms with van der Waals surface area (Å²) in [7, 11) is -3.68. The van der Waals surface area contributed by atoms with Crippen molar-refractivity contribution in [3.05, 3.63) is 47.7 Å². The van der Waals surface area contributed by atoms with Gasteiger partial charge in [-0.2, -0.15) is 9.29 Å². The summed E-state index contributed by atoms with van der Waals surface area (Å²) < 4.78 is 39.2. The number of para-hydroxylation sites is 1. The normalized spacial score (nSPS) is 15.2. The van der Waals surface area contributed by atoms with Crippen LogP contribution in [0.1, 0.15) is 13.8 Å². The first-order chi connectivity index (χ1) is 15.4. The Kier molecular flexibility index (Phi) is 6.68. The van der Waals surface area contributed by atoms with Gasteiger partial charge < -0.3 is 14.4 Å². The van der Waals surface area contributed by atoms with E-state index in [1.165, 1.54) is 10.4 Å². The molecule has 0 saturated carbocycles. The zero-order valence-electron chi connectivity index (χ0n) is 18.0. The number of nitrogens with zero attached hydrogens (tertiary/aromatic N) is 4. The van der Waals surface area contributed by atoms with Gasteiger partial charge >= 0.3 is 0 Å². The van der Waals surface area contributed by atoms with Crippen LogP contribution < -0.4 is 14.4 Å². The van der Waals surface area contributed by atoms with Gasteiger partial charge in [-0.1, -0.05) is 12.1 Å². The number of aromatic nitrogens is 2. The molecule has 0 bridgehead atoms. The van der Waals surface area contributed by atoms with E-state index in [9.17, 15) is 8.42 Å². The van der Waals surface area contributed by atoms with E-state index in [2.05, 4.69) is 9.97 Å². The minimum atomic E-state index is -3.68. The van der Waals surface area contributed by atoms with Crippen molar-refractivity contribution in [2.75, 3.05) is 44.3 Å². The van der Waals surface area contributed by atoms with Crippen molar-refractivity contribution in [1.29, 1.82) is 0 Å². The molecule has 0 aliphatic carbocycles. The van der Waals surface area contributed by atoms with Gasteiger partial charge in [0.2, 0.25) is 15.3 Å². The third kappa shape index (κ3) is 4.46. The standard InChI is InChI=1S/C22H25ClN4O4S/c1-3-30-19-10-9-16(15-20(19)31-4-2)32(28,29)27-13-11-26(12-14-27)21-17-7-5-6-8-18(17)24-22(23)25-21/h5-10,15H,3-4,11-14H2,1-2H3. The molecule has 4 rings (SSSR count). The van der Waals surface area contributed by atoms with Gasteiger partial charge in [-0.25, -0.2) is 13.4 Å². The Morgan fingerprint density at radius 1 is 0.938 bits per heavy atom. The number of hydrogen-bond acceptors (Lipinski definition) is 7. The smallest absolute Gasteiger partial charge is 0.243 e. The van der Waals surface area contributed by atoms with Crippen LogP contribution in [0.3, 0.4) is 0 Å². The first-order valence-corrected chi connectivity index (χ1v) is 12.3. The SMILES string of the molecule is CCOc1ccc(S(=O)(=O)N2CCN(c3nc(Cl)nc4ccccc34)CC2)cc1OCC. The van der Waals surface area contributed by atoms with E-state index < -0.39 is 10.0 Å². The third-order valence-corrected chi connectivity index (χ3v) is 7.31. The van der Waals surface area contributed by atoms with Gasteiger partial charge in [0.25, 0.3) is 0 Å². The maximum atomic E-state index is 13.3. The summed E-state index contributed by atoms with van der Waals surface area (Å²) in [5.41, 5.74) is 0.760. The van der Waals surface area contributed by atoms with E-state index in [0.29, 0.717) is 50.9 Å². The molecule has 0 radical (unpaired) electrons. The molecule has 2 aromatic carbocycles. The van der Waals surface area contributed by atoms with Crippen LogP contribution in [0.15, 0.2) is 47.4 Å². The average Bonchev–Trinajstić information content (AvgIpc) is 2.80. The summed E-state index contributed by atoms with van der Waals surface area (Å²) >= 11 is 6.12. The molecule has 1 fully saturated rings. The molecule has 1 aliphatic rings. The fourth-order valence-electron chi connectivity index (χ4n) is 3.75. The van der Waals surface area contributed by atoms with E-state index in [1.807, 2.05) is 43.0 Å². The number of ether oxygens (including phenoxy) is 2. The quantitative estimate of drug-likeness (QED) is 0.482. The molecule has 0 amide bonds. The van der Waals surface area contributed by atoms with Crippen LogP contribution in [0.5, 0.6) is 11.5 Å². The lowest BCUT2D eigenvalue weighted by atomic mass is 10.2. The zero-order chi connectivity index (χ0) is 22.7. The average molecular weight is 477 g/mol. The Hall–Kier alpha value is -2.62. The number of fused-ring (bicyclic) bond motifs is 1. The van der Waals surface area contributed by atoms with Crippen LogP contribution in [-0.4, -0.2) is 62.1 Å². The molecular formula is C22H25ClN4O4S. The molecule has 1 aliphatic heterocycles. The topological polar surface area (TPSA) is 84.9 Å². The first kappa shape index (κ1) is 22.6. The first-order valence-electron chi connectivity index (χ1n) is 10.5. The van der Waals surface area contributed by atoms with Gasteiger partial charge in [0.05, 0.1) is 23.6 Å². The van der Waals surface area contributed by atoms with Gasteiger partial charge in [0.15, 0.2) is 11.5 Å². The van der Waals surface area contributed by atoms with Gasteiger partial charge in [0, 0.05) is 37.6 Å². The van der Waals surface area contributed by atoms with E-state index in [4.69, 9.17) is 21.1 Å². The molecular weight excluding hydrogens is 452 g/mol. The highest BCUT2D eigenvalue weighted by Crippen LogP contribution is 2.32. The third-order valence-electron chi connectivity index (χ3n) is 5.25. The molecule has 32 heavy (non-hydrogen) atoms. The molecule has 1 aromatic heterocycles. The second kappa shape index (κ2) is 9.48. The number of benzene rings is 2. The van der Waals surface area contributed by atoms with Crippen LogP contribution in [0.4, 0.5) is 5.82 Å². The predicted octanol–water partition coefficient (Wildman–Crippen LogP) is 3.59. The molecule has 8 nitrogen and oxygen atoms in total. The number of halogens is 1. The molecule has 0 unspecified atom stereocenters. The fourth-order valence-corrected chi connectivity index (χ4v) is 5.36. The lowest BCUT2D eigenvalue weighted by Gasteiger charge is -2.35. The minimum absolute atomic E-state index is 0.173. The monoisotopic (exact) mass is 476 g/mol. The summed E-state index contributed by atoms with van der Waals surface area (Å²) in [6.07, 6.45) is 0. The van der Waals surface area contributed by atoms with Gasteiger partial charge in [0.1, 0.15) is 5.82 Å². The Morgan fingerprint density at radius 3 is 2.34 bits per heavy atom. The van der Waals surface area contributed by atoms with Crippen LogP contribution >= 0.6 is 11.6 Å². The molecule has 2 heterocycles. The number of anilines is 1. The molecule has 170 valence electrons. The van der Waals surface area contributed by atoms with Crippen LogP contribution in [0.25, 0.3) is 10.9 Å². The summed E-state index contributed by atoms with van der Waals surface area (Å²) in [5.74, 6) is 1.68.